The molecule has 0 atom stereocenters. The minimum atomic E-state index is -0.471. The summed E-state index contributed by atoms with van der Waals surface area (Å²) in [6.07, 6.45) is 0. The summed E-state index contributed by atoms with van der Waals surface area (Å²) >= 11 is 0. The Morgan fingerprint density at radius 2 is 1.89 bits per heavy atom. The van der Waals surface area contributed by atoms with Gasteiger partial charge >= 0.3 is 5.69 Å². The second kappa shape index (κ2) is 4.97. The Labute approximate surface area is 111 Å². The van der Waals surface area contributed by atoms with Gasteiger partial charge in [-0.3, -0.25) is 10.1 Å². The van der Waals surface area contributed by atoms with Crippen LogP contribution in [0.15, 0.2) is 36.4 Å². The first-order chi connectivity index (χ1) is 8.99. The molecular formula is C14H15N3O2. The van der Waals surface area contributed by atoms with Gasteiger partial charge in [-0.1, -0.05) is 23.8 Å². The smallest absolute Gasteiger partial charge is 0.315 e. The van der Waals surface area contributed by atoms with Crippen LogP contribution >= 0.6 is 0 Å². The molecule has 0 saturated heterocycles. The summed E-state index contributed by atoms with van der Waals surface area (Å²) in [6, 6.07) is 10.7. The third-order valence-corrected chi connectivity index (χ3v) is 2.90. The summed E-state index contributed by atoms with van der Waals surface area (Å²) in [5, 5.41) is 14.1. The van der Waals surface area contributed by atoms with Crippen molar-refractivity contribution in [1.29, 1.82) is 0 Å². The van der Waals surface area contributed by atoms with Gasteiger partial charge in [0.2, 0.25) is 0 Å². The molecule has 2 aromatic carbocycles. The fourth-order valence-corrected chi connectivity index (χ4v) is 1.96. The number of nitro groups is 1. The van der Waals surface area contributed by atoms with Gasteiger partial charge in [-0.05, 0) is 37.6 Å². The number of nitrogen functional groups attached to an aromatic ring is 1. The molecule has 19 heavy (non-hydrogen) atoms. The Hall–Kier alpha value is -2.56. The third-order valence-electron chi connectivity index (χ3n) is 2.90. The SMILES string of the molecule is Cc1ccc(Nc2cccc(N)c2[N+](=O)[O-])c(C)c1. The molecule has 5 nitrogen and oxygen atoms in total. The first-order valence-electron chi connectivity index (χ1n) is 5.86. The third kappa shape index (κ3) is 2.65. The standard InChI is InChI=1S/C14H15N3O2/c1-9-6-7-12(10(2)8-9)16-13-5-3-4-11(15)14(13)17(18)19/h3-8,16H,15H2,1-2H3. The number of para-hydroxylation sites is 1. The lowest BCUT2D eigenvalue weighted by molar-refractivity contribution is -0.383. The molecule has 0 aromatic heterocycles. The van der Waals surface area contributed by atoms with Crippen molar-refractivity contribution in [2.75, 3.05) is 11.1 Å². The second-order valence-electron chi connectivity index (χ2n) is 4.44. The number of nitrogens with two attached hydrogens (primary N) is 1. The molecule has 0 bridgehead atoms. The minimum absolute atomic E-state index is 0.0949. The van der Waals surface area contributed by atoms with Crippen molar-refractivity contribution in [3.8, 4) is 0 Å². The maximum atomic E-state index is 11.1. The van der Waals surface area contributed by atoms with E-state index in [1.54, 1.807) is 12.1 Å². The molecule has 0 unspecified atom stereocenters. The second-order valence-corrected chi connectivity index (χ2v) is 4.44. The number of hydrogen-bond acceptors (Lipinski definition) is 4. The number of anilines is 3. The molecule has 0 aliphatic heterocycles. The molecule has 98 valence electrons. The lowest BCUT2D eigenvalue weighted by atomic mass is 10.1. The van der Waals surface area contributed by atoms with Crippen molar-refractivity contribution in [2.45, 2.75) is 13.8 Å². The van der Waals surface area contributed by atoms with Crippen LogP contribution in [0.4, 0.5) is 22.7 Å². The molecule has 0 heterocycles. The highest BCUT2D eigenvalue weighted by Crippen LogP contribution is 2.33. The lowest BCUT2D eigenvalue weighted by Gasteiger charge is -2.11. The summed E-state index contributed by atoms with van der Waals surface area (Å²) in [5.74, 6) is 0. The molecule has 2 rings (SSSR count). The quantitative estimate of drug-likeness (QED) is 0.500. The number of rotatable bonds is 3. The summed E-state index contributed by atoms with van der Waals surface area (Å²) in [6.45, 7) is 3.95. The van der Waals surface area contributed by atoms with Crippen LogP contribution in [0.2, 0.25) is 0 Å². The zero-order valence-electron chi connectivity index (χ0n) is 10.8. The van der Waals surface area contributed by atoms with Crippen LogP contribution in [-0.4, -0.2) is 4.92 Å². The molecule has 0 aliphatic rings. The maximum Gasteiger partial charge on any atom is 0.315 e. The van der Waals surface area contributed by atoms with Gasteiger partial charge in [-0.25, -0.2) is 0 Å². The van der Waals surface area contributed by atoms with Gasteiger partial charge < -0.3 is 11.1 Å². The van der Waals surface area contributed by atoms with Gasteiger partial charge in [0.05, 0.1) is 4.92 Å². The van der Waals surface area contributed by atoms with Gasteiger partial charge in [-0.15, -0.1) is 0 Å². The fourth-order valence-electron chi connectivity index (χ4n) is 1.96. The van der Waals surface area contributed by atoms with Crippen molar-refractivity contribution in [3.63, 3.8) is 0 Å². The predicted molar refractivity (Wildman–Crippen MR) is 76.7 cm³/mol. The van der Waals surface area contributed by atoms with Crippen molar-refractivity contribution in [3.05, 3.63) is 57.6 Å². The number of nitro benzene ring substituents is 1. The molecule has 0 spiro atoms. The predicted octanol–water partition coefficient (Wildman–Crippen LogP) is 3.54. The van der Waals surface area contributed by atoms with E-state index in [2.05, 4.69) is 5.32 Å². The Morgan fingerprint density at radius 3 is 2.53 bits per heavy atom. The lowest BCUT2D eigenvalue weighted by Crippen LogP contribution is -2.01. The highest BCUT2D eigenvalue weighted by Gasteiger charge is 2.17. The van der Waals surface area contributed by atoms with Crippen LogP contribution in [0.3, 0.4) is 0 Å². The van der Waals surface area contributed by atoms with Crippen LogP contribution in [-0.2, 0) is 0 Å². The fraction of sp³-hybridized carbons (Fsp3) is 0.143. The summed E-state index contributed by atoms with van der Waals surface area (Å²) in [7, 11) is 0. The zero-order valence-corrected chi connectivity index (χ0v) is 10.8. The van der Waals surface area contributed by atoms with Crippen molar-refractivity contribution in [1.82, 2.24) is 0 Å². The topological polar surface area (TPSA) is 81.2 Å². The molecule has 0 amide bonds. The highest BCUT2D eigenvalue weighted by molar-refractivity contribution is 5.79. The van der Waals surface area contributed by atoms with Gasteiger partial charge in [0.15, 0.2) is 0 Å². The number of nitrogens with one attached hydrogen (secondary N) is 1. The molecule has 0 radical (unpaired) electrons. The summed E-state index contributed by atoms with van der Waals surface area (Å²) < 4.78 is 0. The Morgan fingerprint density at radius 1 is 1.16 bits per heavy atom. The van der Waals surface area contributed by atoms with Crippen molar-refractivity contribution < 1.29 is 4.92 Å². The Kier molecular flexibility index (Phi) is 3.37. The molecule has 0 aliphatic carbocycles. The van der Waals surface area contributed by atoms with E-state index in [-0.39, 0.29) is 11.4 Å². The first-order valence-corrected chi connectivity index (χ1v) is 5.86. The Balaban J connectivity index is 2.44. The van der Waals surface area contributed by atoms with Gasteiger partial charge in [0, 0.05) is 5.69 Å². The first kappa shape index (κ1) is 12.9. The zero-order chi connectivity index (χ0) is 14.0. The van der Waals surface area contributed by atoms with Crippen molar-refractivity contribution in [2.24, 2.45) is 0 Å². The molecule has 0 fully saturated rings. The van der Waals surface area contributed by atoms with E-state index >= 15 is 0 Å². The molecule has 0 saturated carbocycles. The van der Waals surface area contributed by atoms with Gasteiger partial charge in [0.25, 0.3) is 0 Å². The molecule has 5 heteroatoms. The summed E-state index contributed by atoms with van der Waals surface area (Å²) in [4.78, 5) is 10.6. The van der Waals surface area contributed by atoms with Crippen LogP contribution < -0.4 is 11.1 Å². The molecular weight excluding hydrogens is 242 g/mol. The van der Waals surface area contributed by atoms with Crippen LogP contribution in [0.5, 0.6) is 0 Å². The van der Waals surface area contributed by atoms with Gasteiger partial charge in [-0.2, -0.15) is 0 Å². The van der Waals surface area contributed by atoms with Crippen molar-refractivity contribution >= 4 is 22.7 Å². The maximum absolute atomic E-state index is 11.1. The normalized spacial score (nSPS) is 10.2. The van der Waals surface area contributed by atoms with E-state index in [9.17, 15) is 10.1 Å². The molecule has 2 aromatic rings. The minimum Gasteiger partial charge on any atom is -0.393 e. The largest absolute Gasteiger partial charge is 0.393 e. The van der Waals surface area contributed by atoms with Crippen LogP contribution in [0.25, 0.3) is 0 Å². The number of hydrogen-bond donors (Lipinski definition) is 2. The number of aryl methyl sites for hydroxylation is 2. The average Bonchev–Trinajstić information content (AvgIpc) is 2.32. The summed E-state index contributed by atoms with van der Waals surface area (Å²) in [5.41, 5.74) is 9.12. The number of nitrogens with zero attached hydrogens (tertiary/aromatic N) is 1. The average molecular weight is 257 g/mol. The van der Waals surface area contributed by atoms with Crippen LogP contribution in [0, 0.1) is 24.0 Å². The van der Waals surface area contributed by atoms with E-state index in [0.717, 1.165) is 16.8 Å². The van der Waals surface area contributed by atoms with Gasteiger partial charge in [0.1, 0.15) is 11.4 Å². The Bertz CT molecular complexity index is 639. The van der Waals surface area contributed by atoms with E-state index < -0.39 is 4.92 Å². The van der Waals surface area contributed by atoms with E-state index in [1.165, 1.54) is 6.07 Å². The van der Waals surface area contributed by atoms with Crippen LogP contribution in [0.1, 0.15) is 11.1 Å². The van der Waals surface area contributed by atoms with E-state index in [4.69, 9.17) is 5.73 Å². The van der Waals surface area contributed by atoms with E-state index in [1.807, 2.05) is 32.0 Å². The number of benzene rings is 2. The van der Waals surface area contributed by atoms with E-state index in [0.29, 0.717) is 5.69 Å². The highest BCUT2D eigenvalue weighted by atomic mass is 16.6. The molecule has 3 N–H and O–H groups in total. The monoisotopic (exact) mass is 257 g/mol.